The molecule has 2 heteroatoms. The first-order chi connectivity index (χ1) is 6.53. The van der Waals surface area contributed by atoms with Gasteiger partial charge < -0.3 is 5.73 Å². The molecule has 2 aliphatic rings. The maximum atomic E-state index is 6.04. The van der Waals surface area contributed by atoms with E-state index in [0.717, 1.165) is 6.04 Å². The molecular weight excluding hydrogens is 172 g/mol. The summed E-state index contributed by atoms with van der Waals surface area (Å²) in [6.07, 6.45) is 4.03. The number of rotatable bonds is 2. The summed E-state index contributed by atoms with van der Waals surface area (Å²) >= 11 is 0. The van der Waals surface area contributed by atoms with E-state index in [1.807, 2.05) is 0 Å². The van der Waals surface area contributed by atoms with Gasteiger partial charge in [0.05, 0.1) is 0 Å². The maximum Gasteiger partial charge on any atom is 0.0121 e. The third kappa shape index (κ3) is 1.82. The number of hydrogen-bond donors (Lipinski definition) is 1. The Bertz CT molecular complexity index is 210. The van der Waals surface area contributed by atoms with Crippen LogP contribution in [0.15, 0.2) is 0 Å². The largest absolute Gasteiger partial charge is 0.327 e. The van der Waals surface area contributed by atoms with Crippen molar-refractivity contribution >= 4 is 0 Å². The van der Waals surface area contributed by atoms with Gasteiger partial charge in [-0.1, -0.05) is 13.8 Å². The Morgan fingerprint density at radius 2 is 2.07 bits per heavy atom. The first kappa shape index (κ1) is 10.4. The molecule has 2 nitrogen and oxygen atoms in total. The van der Waals surface area contributed by atoms with E-state index in [2.05, 4.69) is 25.7 Å². The van der Waals surface area contributed by atoms with Gasteiger partial charge in [-0.25, -0.2) is 0 Å². The lowest BCUT2D eigenvalue weighted by atomic mass is 9.90. The molecule has 0 radical (unpaired) electrons. The fraction of sp³-hybridized carbons (Fsp3) is 1.00. The monoisotopic (exact) mass is 196 g/mol. The lowest BCUT2D eigenvalue weighted by Gasteiger charge is -2.41. The van der Waals surface area contributed by atoms with Crippen molar-refractivity contribution < 1.29 is 0 Å². The van der Waals surface area contributed by atoms with Crippen molar-refractivity contribution in [3.8, 4) is 0 Å². The van der Waals surface area contributed by atoms with Gasteiger partial charge in [0.15, 0.2) is 0 Å². The summed E-state index contributed by atoms with van der Waals surface area (Å²) in [6.45, 7) is 9.53. The van der Waals surface area contributed by atoms with E-state index in [9.17, 15) is 0 Å². The van der Waals surface area contributed by atoms with Crippen LogP contribution in [-0.4, -0.2) is 30.1 Å². The van der Waals surface area contributed by atoms with E-state index in [4.69, 9.17) is 5.73 Å². The molecule has 0 aromatic carbocycles. The van der Waals surface area contributed by atoms with Gasteiger partial charge in [0, 0.05) is 18.6 Å². The van der Waals surface area contributed by atoms with E-state index in [-0.39, 0.29) is 0 Å². The number of hydrogen-bond acceptors (Lipinski definition) is 2. The zero-order chi connectivity index (χ0) is 10.3. The molecule has 2 rings (SSSR count). The van der Waals surface area contributed by atoms with Crippen molar-refractivity contribution in [2.24, 2.45) is 17.1 Å². The van der Waals surface area contributed by atoms with Crippen LogP contribution in [0.4, 0.5) is 0 Å². The minimum absolute atomic E-state index is 0.436. The first-order valence-electron chi connectivity index (χ1n) is 6.02. The van der Waals surface area contributed by atoms with Gasteiger partial charge in [0.2, 0.25) is 0 Å². The Balaban J connectivity index is 1.92. The van der Waals surface area contributed by atoms with E-state index in [1.54, 1.807) is 0 Å². The second-order valence-electron chi connectivity index (χ2n) is 5.75. The molecule has 1 saturated heterocycles. The summed E-state index contributed by atoms with van der Waals surface area (Å²) in [5.74, 6) is 0.675. The summed E-state index contributed by atoms with van der Waals surface area (Å²) in [4.78, 5) is 2.65. The molecule has 14 heavy (non-hydrogen) atoms. The average Bonchev–Trinajstić information content (AvgIpc) is 2.89. The van der Waals surface area contributed by atoms with Crippen LogP contribution < -0.4 is 5.73 Å². The quantitative estimate of drug-likeness (QED) is 0.730. The zero-order valence-corrected chi connectivity index (χ0v) is 9.79. The molecule has 0 amide bonds. The van der Waals surface area contributed by atoms with Gasteiger partial charge in [-0.05, 0) is 44.1 Å². The molecule has 0 spiro atoms. The molecule has 82 valence electrons. The molecule has 0 aromatic rings. The van der Waals surface area contributed by atoms with Crippen molar-refractivity contribution in [2.75, 3.05) is 13.1 Å². The van der Waals surface area contributed by atoms with E-state index in [1.165, 1.54) is 32.4 Å². The molecule has 3 unspecified atom stereocenters. The molecule has 2 fully saturated rings. The molecule has 1 saturated carbocycles. The van der Waals surface area contributed by atoms with E-state index in [0.29, 0.717) is 17.4 Å². The third-order valence-electron chi connectivity index (χ3n) is 4.60. The highest BCUT2D eigenvalue weighted by Crippen LogP contribution is 2.50. The van der Waals surface area contributed by atoms with Crippen molar-refractivity contribution in [3.63, 3.8) is 0 Å². The standard InChI is InChI=1S/C12H24N2/c1-9-8-14(7-4-11(9)13)10(2)12(3)5-6-12/h9-11H,4-8,13H2,1-3H3. The Hall–Kier alpha value is -0.0800. The van der Waals surface area contributed by atoms with Crippen molar-refractivity contribution in [3.05, 3.63) is 0 Å². The summed E-state index contributed by atoms with van der Waals surface area (Å²) in [6, 6.07) is 1.20. The van der Waals surface area contributed by atoms with Crippen LogP contribution >= 0.6 is 0 Å². The Labute approximate surface area is 87.8 Å². The number of nitrogens with zero attached hydrogens (tertiary/aromatic N) is 1. The van der Waals surface area contributed by atoms with Crippen molar-refractivity contribution in [1.29, 1.82) is 0 Å². The fourth-order valence-corrected chi connectivity index (χ4v) is 2.60. The molecule has 3 atom stereocenters. The molecule has 1 heterocycles. The van der Waals surface area contributed by atoms with Crippen LogP contribution in [0.5, 0.6) is 0 Å². The highest BCUT2D eigenvalue weighted by Gasteiger charge is 2.45. The van der Waals surface area contributed by atoms with Crippen molar-refractivity contribution in [1.82, 2.24) is 4.90 Å². The van der Waals surface area contributed by atoms with E-state index >= 15 is 0 Å². The SMILES string of the molecule is CC1CN(C(C)C2(C)CC2)CCC1N. The van der Waals surface area contributed by atoms with Gasteiger partial charge >= 0.3 is 0 Å². The average molecular weight is 196 g/mol. The highest BCUT2D eigenvalue weighted by atomic mass is 15.2. The number of likely N-dealkylation sites (tertiary alicyclic amines) is 1. The molecule has 0 aromatic heterocycles. The normalized spacial score (nSPS) is 39.4. The van der Waals surface area contributed by atoms with Crippen LogP contribution in [0.3, 0.4) is 0 Å². The predicted octanol–water partition coefficient (Wildman–Crippen LogP) is 1.84. The molecule has 1 aliphatic carbocycles. The molecule has 0 bridgehead atoms. The highest BCUT2D eigenvalue weighted by molar-refractivity contribution is 4.99. The molecule has 1 aliphatic heterocycles. The Morgan fingerprint density at radius 3 is 2.57 bits per heavy atom. The number of nitrogens with two attached hydrogens (primary N) is 1. The summed E-state index contributed by atoms with van der Waals surface area (Å²) in [5, 5.41) is 0. The van der Waals surface area contributed by atoms with Crippen LogP contribution in [0.2, 0.25) is 0 Å². The van der Waals surface area contributed by atoms with Crippen molar-refractivity contribution in [2.45, 2.75) is 52.1 Å². The lowest BCUT2D eigenvalue weighted by Crippen LogP contribution is -2.50. The van der Waals surface area contributed by atoms with Crippen LogP contribution in [-0.2, 0) is 0 Å². The molecule has 2 N–H and O–H groups in total. The van der Waals surface area contributed by atoms with Gasteiger partial charge in [0.1, 0.15) is 0 Å². The minimum Gasteiger partial charge on any atom is -0.327 e. The second kappa shape index (κ2) is 3.49. The fourth-order valence-electron chi connectivity index (χ4n) is 2.60. The lowest BCUT2D eigenvalue weighted by molar-refractivity contribution is 0.0879. The predicted molar refractivity (Wildman–Crippen MR) is 60.1 cm³/mol. The van der Waals surface area contributed by atoms with Gasteiger partial charge in [-0.15, -0.1) is 0 Å². The smallest absolute Gasteiger partial charge is 0.0121 e. The topological polar surface area (TPSA) is 29.3 Å². The molecular formula is C12H24N2. The third-order valence-corrected chi connectivity index (χ3v) is 4.60. The van der Waals surface area contributed by atoms with Gasteiger partial charge in [-0.3, -0.25) is 4.90 Å². The minimum atomic E-state index is 0.436. The zero-order valence-electron chi connectivity index (χ0n) is 9.79. The van der Waals surface area contributed by atoms with Crippen LogP contribution in [0.25, 0.3) is 0 Å². The number of piperidine rings is 1. The second-order valence-corrected chi connectivity index (χ2v) is 5.75. The van der Waals surface area contributed by atoms with E-state index < -0.39 is 0 Å². The summed E-state index contributed by atoms with van der Waals surface area (Å²) in [7, 11) is 0. The van der Waals surface area contributed by atoms with Gasteiger partial charge in [0.25, 0.3) is 0 Å². The maximum absolute atomic E-state index is 6.04. The van der Waals surface area contributed by atoms with Gasteiger partial charge in [-0.2, -0.15) is 0 Å². The Morgan fingerprint density at radius 1 is 1.43 bits per heavy atom. The van der Waals surface area contributed by atoms with Crippen LogP contribution in [0.1, 0.15) is 40.0 Å². The summed E-state index contributed by atoms with van der Waals surface area (Å²) < 4.78 is 0. The first-order valence-corrected chi connectivity index (χ1v) is 6.02. The van der Waals surface area contributed by atoms with Crippen LogP contribution in [0, 0.1) is 11.3 Å². The summed E-state index contributed by atoms with van der Waals surface area (Å²) in [5.41, 5.74) is 6.66. The Kier molecular flexibility index (Phi) is 2.61.